The van der Waals surface area contributed by atoms with Gasteiger partial charge in [-0.2, -0.15) is 0 Å². The van der Waals surface area contributed by atoms with Crippen LogP contribution in [0.3, 0.4) is 0 Å². The molecule has 2 saturated carbocycles. The van der Waals surface area contributed by atoms with Crippen molar-refractivity contribution in [1.82, 2.24) is 4.90 Å². The third-order valence-corrected chi connectivity index (χ3v) is 6.00. The second-order valence-electron chi connectivity index (χ2n) is 7.61. The van der Waals surface area contributed by atoms with Gasteiger partial charge >= 0.3 is 0 Å². The quantitative estimate of drug-likeness (QED) is 0.581. The zero-order chi connectivity index (χ0) is 16.6. The van der Waals surface area contributed by atoms with E-state index < -0.39 is 0 Å². The van der Waals surface area contributed by atoms with Gasteiger partial charge in [0.05, 0.1) is 6.54 Å². The largest absolute Gasteiger partial charge is 0.290 e. The van der Waals surface area contributed by atoms with Gasteiger partial charge in [0.15, 0.2) is 0 Å². The molecule has 2 aliphatic carbocycles. The molecule has 0 aromatic heterocycles. The Morgan fingerprint density at radius 2 is 1.48 bits per heavy atom. The van der Waals surface area contributed by atoms with Crippen LogP contribution < -0.4 is 0 Å². The summed E-state index contributed by atoms with van der Waals surface area (Å²) in [7, 11) is 0. The molecule has 2 aliphatic rings. The first-order valence-electron chi connectivity index (χ1n) is 10.2. The number of halogens is 1. The average Bonchev–Trinajstić information content (AvgIpc) is 2.67. The van der Waals surface area contributed by atoms with E-state index in [9.17, 15) is 0 Å². The molecule has 0 bridgehead atoms. The molecule has 1 aromatic carbocycles. The van der Waals surface area contributed by atoms with E-state index in [1.54, 1.807) is 0 Å². The van der Waals surface area contributed by atoms with Gasteiger partial charge in [-0.15, -0.1) is 12.4 Å². The molecule has 0 atom stereocenters. The second-order valence-corrected chi connectivity index (χ2v) is 7.61. The number of hydrogen-bond donors (Lipinski definition) is 0. The Bertz CT molecular complexity index is 542. The first-order chi connectivity index (χ1) is 11.9. The summed E-state index contributed by atoms with van der Waals surface area (Å²) in [5.74, 6) is 7.61. The first-order valence-corrected chi connectivity index (χ1v) is 10.2. The molecular formula is C23H34ClN. The van der Waals surface area contributed by atoms with Crippen LogP contribution in [-0.4, -0.2) is 24.0 Å². The van der Waals surface area contributed by atoms with E-state index in [1.807, 2.05) is 0 Å². The summed E-state index contributed by atoms with van der Waals surface area (Å²) in [4.78, 5) is 2.57. The lowest BCUT2D eigenvalue weighted by Crippen LogP contribution is -2.36. The Hall–Kier alpha value is -0.970. The van der Waals surface area contributed by atoms with Crippen molar-refractivity contribution < 1.29 is 0 Å². The fourth-order valence-corrected chi connectivity index (χ4v) is 4.46. The van der Waals surface area contributed by atoms with Crippen molar-refractivity contribution in [3.8, 4) is 11.8 Å². The van der Waals surface area contributed by atoms with E-state index in [2.05, 4.69) is 47.9 Å². The van der Waals surface area contributed by atoms with Gasteiger partial charge in [-0.1, -0.05) is 69.4 Å². The van der Waals surface area contributed by atoms with Crippen LogP contribution in [0.25, 0.3) is 0 Å². The van der Waals surface area contributed by atoms with Gasteiger partial charge in [0.2, 0.25) is 0 Å². The zero-order valence-corrected chi connectivity index (χ0v) is 16.6. The van der Waals surface area contributed by atoms with Crippen molar-refractivity contribution in [2.45, 2.75) is 83.1 Å². The molecule has 0 radical (unpaired) electrons. The van der Waals surface area contributed by atoms with Crippen molar-refractivity contribution in [2.75, 3.05) is 13.1 Å². The summed E-state index contributed by atoms with van der Waals surface area (Å²) in [5, 5.41) is 0. The Morgan fingerprint density at radius 3 is 2.08 bits per heavy atom. The first kappa shape index (κ1) is 20.3. The van der Waals surface area contributed by atoms with Gasteiger partial charge in [0.1, 0.15) is 0 Å². The predicted octanol–water partition coefficient (Wildman–Crippen LogP) is 6.16. The van der Waals surface area contributed by atoms with E-state index in [-0.39, 0.29) is 12.4 Å². The molecule has 0 N–H and O–H groups in total. The number of nitrogens with zero attached hydrogens (tertiary/aromatic N) is 1. The van der Waals surface area contributed by atoms with Crippen molar-refractivity contribution >= 4 is 12.4 Å². The molecule has 1 aromatic rings. The fraction of sp³-hybridized carbons (Fsp3) is 0.652. The molecule has 138 valence electrons. The molecule has 0 heterocycles. The van der Waals surface area contributed by atoms with Gasteiger partial charge in [-0.3, -0.25) is 4.90 Å². The smallest absolute Gasteiger partial charge is 0.0607 e. The van der Waals surface area contributed by atoms with Crippen LogP contribution in [0.1, 0.15) is 88.2 Å². The number of hydrogen-bond acceptors (Lipinski definition) is 1. The van der Waals surface area contributed by atoms with Gasteiger partial charge < -0.3 is 0 Å². The molecule has 25 heavy (non-hydrogen) atoms. The summed E-state index contributed by atoms with van der Waals surface area (Å²) in [6, 6.07) is 9.87. The third kappa shape index (κ3) is 6.05. The standard InChI is InChI=1S/C23H33N.ClH/c1-2-24(23-13-7-4-8-14-23)19-9-10-20-15-17-22(18-16-20)21-11-5-3-6-12-21;/h15-18,21,23H,2-8,11-14,19H2,1H3;1H. The van der Waals surface area contributed by atoms with Crippen LogP contribution in [0.15, 0.2) is 24.3 Å². The highest BCUT2D eigenvalue weighted by atomic mass is 35.5. The monoisotopic (exact) mass is 359 g/mol. The van der Waals surface area contributed by atoms with Crippen LogP contribution in [-0.2, 0) is 0 Å². The van der Waals surface area contributed by atoms with Crippen molar-refractivity contribution in [3.05, 3.63) is 35.4 Å². The minimum atomic E-state index is 0. The maximum absolute atomic E-state index is 3.42. The maximum atomic E-state index is 3.42. The van der Waals surface area contributed by atoms with Gasteiger partial charge in [-0.25, -0.2) is 0 Å². The van der Waals surface area contributed by atoms with E-state index in [1.165, 1.54) is 75.3 Å². The third-order valence-electron chi connectivity index (χ3n) is 6.00. The van der Waals surface area contributed by atoms with Crippen molar-refractivity contribution in [3.63, 3.8) is 0 Å². The minimum absolute atomic E-state index is 0. The van der Waals surface area contributed by atoms with Crippen molar-refractivity contribution in [2.24, 2.45) is 0 Å². The number of rotatable bonds is 4. The molecule has 0 spiro atoms. The van der Waals surface area contributed by atoms with Gasteiger partial charge in [0, 0.05) is 11.6 Å². The highest BCUT2D eigenvalue weighted by molar-refractivity contribution is 5.85. The highest BCUT2D eigenvalue weighted by Gasteiger charge is 2.18. The van der Waals surface area contributed by atoms with Crippen LogP contribution in [0, 0.1) is 11.8 Å². The summed E-state index contributed by atoms with van der Waals surface area (Å²) < 4.78 is 0. The number of benzene rings is 1. The summed E-state index contributed by atoms with van der Waals surface area (Å²) >= 11 is 0. The van der Waals surface area contributed by atoms with Crippen LogP contribution in [0.5, 0.6) is 0 Å². The predicted molar refractivity (Wildman–Crippen MR) is 111 cm³/mol. The lowest BCUT2D eigenvalue weighted by atomic mass is 9.84. The summed E-state index contributed by atoms with van der Waals surface area (Å²) in [6.07, 6.45) is 13.9. The topological polar surface area (TPSA) is 3.24 Å². The van der Waals surface area contributed by atoms with Crippen LogP contribution >= 0.6 is 12.4 Å². The summed E-state index contributed by atoms with van der Waals surface area (Å²) in [5.41, 5.74) is 2.70. The Morgan fingerprint density at radius 1 is 0.880 bits per heavy atom. The minimum Gasteiger partial charge on any atom is -0.290 e. The lowest BCUT2D eigenvalue weighted by molar-refractivity contribution is 0.183. The lowest BCUT2D eigenvalue weighted by Gasteiger charge is -2.32. The zero-order valence-electron chi connectivity index (χ0n) is 15.8. The molecule has 1 nitrogen and oxygen atoms in total. The Labute approximate surface area is 161 Å². The summed E-state index contributed by atoms with van der Waals surface area (Å²) in [6.45, 7) is 4.32. The molecule has 0 aliphatic heterocycles. The van der Waals surface area contributed by atoms with E-state index in [4.69, 9.17) is 0 Å². The molecule has 3 rings (SSSR count). The molecule has 0 unspecified atom stereocenters. The van der Waals surface area contributed by atoms with Gasteiger partial charge in [0.25, 0.3) is 0 Å². The van der Waals surface area contributed by atoms with Gasteiger partial charge in [-0.05, 0) is 55.8 Å². The average molecular weight is 360 g/mol. The maximum Gasteiger partial charge on any atom is 0.0607 e. The van der Waals surface area contributed by atoms with Crippen molar-refractivity contribution in [1.29, 1.82) is 0 Å². The molecular weight excluding hydrogens is 326 g/mol. The second kappa shape index (κ2) is 10.9. The van der Waals surface area contributed by atoms with Crippen LogP contribution in [0.4, 0.5) is 0 Å². The molecule has 0 saturated heterocycles. The van der Waals surface area contributed by atoms with E-state index >= 15 is 0 Å². The Balaban J connectivity index is 0.00000225. The van der Waals surface area contributed by atoms with Crippen LogP contribution in [0.2, 0.25) is 0 Å². The SMILES string of the molecule is CCN(CC#Cc1ccc(C2CCCCC2)cc1)C1CCCCC1.Cl. The van der Waals surface area contributed by atoms with E-state index in [0.717, 1.165) is 25.0 Å². The Kier molecular flexibility index (Phi) is 8.87. The molecule has 0 amide bonds. The highest BCUT2D eigenvalue weighted by Crippen LogP contribution is 2.32. The molecule has 2 fully saturated rings. The normalized spacial score (nSPS) is 19.1. The van der Waals surface area contributed by atoms with E-state index in [0.29, 0.717) is 0 Å². The molecule has 2 heteroatoms. The fourth-order valence-electron chi connectivity index (χ4n) is 4.46.